The van der Waals surface area contributed by atoms with Crippen LogP contribution in [0.4, 0.5) is 0 Å². The molecular weight excluding hydrogens is 368 g/mol. The number of aliphatic imine (C=N–C) groups is 1. The van der Waals surface area contributed by atoms with Gasteiger partial charge >= 0.3 is 5.97 Å². The van der Waals surface area contributed by atoms with Crippen LogP contribution in [0.3, 0.4) is 0 Å². The average Bonchev–Trinajstić information content (AvgIpc) is 2.75. The maximum atomic E-state index is 12.9. The van der Waals surface area contributed by atoms with Crippen LogP contribution in [-0.2, 0) is 9.53 Å². The quantitative estimate of drug-likeness (QED) is 0.518. The van der Waals surface area contributed by atoms with Crippen LogP contribution in [-0.4, -0.2) is 23.5 Å². The molecule has 0 amide bonds. The molecule has 0 aromatic heterocycles. The van der Waals surface area contributed by atoms with E-state index in [0.717, 1.165) is 40.6 Å². The van der Waals surface area contributed by atoms with Crippen LogP contribution in [0.1, 0.15) is 43.9 Å². The number of ether oxygens (including phenoxy) is 1. The van der Waals surface area contributed by atoms with Gasteiger partial charge in [-0.15, -0.1) is 0 Å². The summed E-state index contributed by atoms with van der Waals surface area (Å²) in [5, 5.41) is 4.25. The van der Waals surface area contributed by atoms with Crippen molar-refractivity contribution in [2.24, 2.45) is 4.99 Å². The molecule has 0 saturated heterocycles. The Hall–Kier alpha value is -2.53. The van der Waals surface area contributed by atoms with E-state index in [1.165, 1.54) is 0 Å². The van der Waals surface area contributed by atoms with Crippen molar-refractivity contribution < 1.29 is 9.53 Å². The molecule has 1 heterocycles. The molecule has 1 atom stereocenters. The Morgan fingerprint density at radius 2 is 1.75 bits per heavy atom. The highest BCUT2D eigenvalue weighted by molar-refractivity contribution is 8.13. The molecule has 0 spiro atoms. The van der Waals surface area contributed by atoms with E-state index in [-0.39, 0.29) is 12.0 Å². The second-order valence-corrected chi connectivity index (χ2v) is 7.53. The van der Waals surface area contributed by atoms with Crippen molar-refractivity contribution in [3.05, 3.63) is 77.4 Å². The van der Waals surface area contributed by atoms with Gasteiger partial charge in [-0.25, -0.2) is 9.79 Å². The van der Waals surface area contributed by atoms with Gasteiger partial charge in [0, 0.05) is 5.75 Å². The smallest absolute Gasteiger partial charge is 0.338 e. The minimum absolute atomic E-state index is 0.327. The van der Waals surface area contributed by atoms with Crippen molar-refractivity contribution in [1.29, 1.82) is 0 Å². The summed E-state index contributed by atoms with van der Waals surface area (Å²) in [6.07, 6.45) is 2.26. The predicted molar refractivity (Wildman–Crippen MR) is 117 cm³/mol. The fourth-order valence-corrected chi connectivity index (χ4v) is 4.02. The summed E-state index contributed by atoms with van der Waals surface area (Å²) < 4.78 is 5.41. The molecule has 3 rings (SSSR count). The molecule has 28 heavy (non-hydrogen) atoms. The Labute approximate surface area is 171 Å². The second kappa shape index (κ2) is 10.1. The Morgan fingerprint density at radius 3 is 2.39 bits per heavy atom. The van der Waals surface area contributed by atoms with Gasteiger partial charge in [0.15, 0.2) is 5.17 Å². The summed E-state index contributed by atoms with van der Waals surface area (Å²) >= 11 is 1.70. The lowest BCUT2D eigenvalue weighted by atomic mass is 9.94. The molecule has 0 aliphatic carbocycles. The summed E-state index contributed by atoms with van der Waals surface area (Å²) in [6, 6.07) is 19.5. The number of nitrogens with zero attached hydrogens (tertiary/aromatic N) is 1. The number of rotatable bonds is 7. The first kappa shape index (κ1) is 20.2. The molecule has 0 fully saturated rings. The van der Waals surface area contributed by atoms with Crippen LogP contribution >= 0.6 is 11.8 Å². The van der Waals surface area contributed by atoms with Crippen LogP contribution in [0.25, 0.3) is 5.70 Å². The van der Waals surface area contributed by atoms with Gasteiger partial charge in [-0.3, -0.25) is 0 Å². The second-order valence-electron chi connectivity index (χ2n) is 6.45. The van der Waals surface area contributed by atoms with Crippen LogP contribution in [0.5, 0.6) is 0 Å². The summed E-state index contributed by atoms with van der Waals surface area (Å²) in [5.74, 6) is 0.657. The Morgan fingerprint density at radius 1 is 1.07 bits per heavy atom. The molecule has 146 valence electrons. The molecule has 4 nitrogen and oxygen atoms in total. The Bertz CT molecular complexity index is 847. The fourth-order valence-electron chi connectivity index (χ4n) is 3.04. The van der Waals surface area contributed by atoms with Crippen molar-refractivity contribution in [2.75, 3.05) is 12.4 Å². The van der Waals surface area contributed by atoms with E-state index in [1.54, 1.807) is 11.8 Å². The number of carbonyl (C=O) groups excluding carboxylic acids is 1. The zero-order chi connectivity index (χ0) is 19.8. The lowest BCUT2D eigenvalue weighted by molar-refractivity contribution is -0.138. The van der Waals surface area contributed by atoms with Gasteiger partial charge < -0.3 is 10.1 Å². The largest absolute Gasteiger partial charge is 0.463 e. The van der Waals surface area contributed by atoms with E-state index in [0.29, 0.717) is 12.2 Å². The molecule has 0 unspecified atom stereocenters. The molecule has 1 aliphatic heterocycles. The first-order valence-electron chi connectivity index (χ1n) is 9.73. The lowest BCUT2D eigenvalue weighted by Gasteiger charge is -2.27. The predicted octanol–water partition coefficient (Wildman–Crippen LogP) is 5.19. The van der Waals surface area contributed by atoms with Crippen molar-refractivity contribution in [2.45, 2.75) is 32.7 Å². The average molecular weight is 395 g/mol. The van der Waals surface area contributed by atoms with E-state index in [4.69, 9.17) is 9.73 Å². The molecule has 0 bridgehead atoms. The van der Waals surface area contributed by atoms with Gasteiger partial charge in [0.05, 0.1) is 17.9 Å². The highest BCUT2D eigenvalue weighted by atomic mass is 32.2. The topological polar surface area (TPSA) is 50.7 Å². The monoisotopic (exact) mass is 394 g/mol. The summed E-state index contributed by atoms with van der Waals surface area (Å²) in [6.45, 7) is 4.33. The SMILES string of the molecule is CCCCSC1=N[C@@H](c2ccccc2)C(C(=O)OCC)=C(c2ccccc2)N1. The van der Waals surface area contributed by atoms with Crippen LogP contribution in [0.15, 0.2) is 71.2 Å². The number of thioether (sulfide) groups is 1. The Balaban J connectivity index is 2.09. The molecule has 1 N–H and O–H groups in total. The van der Waals surface area contributed by atoms with Gasteiger partial charge in [-0.2, -0.15) is 0 Å². The van der Waals surface area contributed by atoms with Gasteiger partial charge in [-0.05, 0) is 24.5 Å². The van der Waals surface area contributed by atoms with Gasteiger partial charge in [-0.1, -0.05) is 85.8 Å². The third-order valence-corrected chi connectivity index (χ3v) is 5.40. The minimum atomic E-state index is -0.388. The molecule has 1 aliphatic rings. The van der Waals surface area contributed by atoms with E-state index in [2.05, 4.69) is 12.2 Å². The van der Waals surface area contributed by atoms with E-state index < -0.39 is 0 Å². The highest BCUT2D eigenvalue weighted by Crippen LogP contribution is 2.36. The van der Waals surface area contributed by atoms with Crippen molar-refractivity contribution in [1.82, 2.24) is 5.32 Å². The first-order valence-corrected chi connectivity index (χ1v) is 10.7. The summed E-state index contributed by atoms with van der Waals surface area (Å²) in [7, 11) is 0. The third kappa shape index (κ3) is 4.84. The number of amidine groups is 1. The minimum Gasteiger partial charge on any atom is -0.463 e. The van der Waals surface area contributed by atoms with Crippen molar-refractivity contribution in [3.8, 4) is 0 Å². The van der Waals surface area contributed by atoms with E-state index in [9.17, 15) is 4.79 Å². The lowest BCUT2D eigenvalue weighted by Crippen LogP contribution is -2.31. The van der Waals surface area contributed by atoms with Crippen LogP contribution < -0.4 is 5.32 Å². The maximum Gasteiger partial charge on any atom is 0.338 e. The van der Waals surface area contributed by atoms with Gasteiger partial charge in [0.25, 0.3) is 0 Å². The number of nitrogens with one attached hydrogen (secondary N) is 1. The number of carbonyl (C=O) groups is 1. The fraction of sp³-hybridized carbons (Fsp3) is 0.304. The van der Waals surface area contributed by atoms with Crippen LogP contribution in [0, 0.1) is 0 Å². The number of esters is 1. The molecular formula is C23H26N2O2S. The molecule has 2 aromatic rings. The zero-order valence-corrected chi connectivity index (χ0v) is 17.2. The number of hydrogen-bond donors (Lipinski definition) is 1. The zero-order valence-electron chi connectivity index (χ0n) is 16.4. The molecule has 0 radical (unpaired) electrons. The van der Waals surface area contributed by atoms with Crippen molar-refractivity contribution >= 4 is 28.6 Å². The third-order valence-electron chi connectivity index (χ3n) is 4.43. The number of unbranched alkanes of at least 4 members (excludes halogenated alkanes) is 1. The molecule has 0 saturated carbocycles. The maximum absolute atomic E-state index is 12.9. The number of hydrogen-bond acceptors (Lipinski definition) is 5. The van der Waals surface area contributed by atoms with Crippen molar-refractivity contribution in [3.63, 3.8) is 0 Å². The number of benzene rings is 2. The highest BCUT2D eigenvalue weighted by Gasteiger charge is 2.32. The first-order chi connectivity index (χ1) is 13.7. The Kier molecular flexibility index (Phi) is 7.31. The van der Waals surface area contributed by atoms with Crippen LogP contribution in [0.2, 0.25) is 0 Å². The summed E-state index contributed by atoms with van der Waals surface area (Å²) in [4.78, 5) is 17.8. The van der Waals surface area contributed by atoms with E-state index in [1.807, 2.05) is 67.6 Å². The molecule has 2 aromatic carbocycles. The molecule has 5 heteroatoms. The van der Waals surface area contributed by atoms with Gasteiger partial charge in [0.2, 0.25) is 0 Å². The normalized spacial score (nSPS) is 16.4. The summed E-state index contributed by atoms with van der Waals surface area (Å²) in [5.41, 5.74) is 3.27. The van der Waals surface area contributed by atoms with Gasteiger partial charge in [0.1, 0.15) is 6.04 Å². The standard InChI is InChI=1S/C23H26N2O2S/c1-3-5-16-28-23-24-20(17-12-8-6-9-13-17)19(22(26)27-4-2)21(25-23)18-14-10-7-11-15-18/h6-15,20H,3-5,16H2,1-2H3,(H,24,25)/t20-/m0/s1. The van der Waals surface area contributed by atoms with E-state index >= 15 is 0 Å².